The zero-order chi connectivity index (χ0) is 15.1. The molecule has 2 unspecified atom stereocenters. The molecule has 1 aliphatic rings. The number of carbonyl (C=O) groups excluding carboxylic acids is 1. The van der Waals surface area contributed by atoms with E-state index in [2.05, 4.69) is 6.07 Å². The molecule has 0 bridgehead atoms. The zero-order valence-corrected chi connectivity index (χ0v) is 12.3. The third-order valence-corrected chi connectivity index (χ3v) is 3.58. The van der Waals surface area contributed by atoms with Crippen molar-refractivity contribution in [3.63, 3.8) is 0 Å². The SMILES string of the molecule is CCCOCCOC(=O)[N+]1(Cc2ccccc2)CC1C#N. The number of quaternary nitrogens is 1. The summed E-state index contributed by atoms with van der Waals surface area (Å²) in [7, 11) is 0. The van der Waals surface area contributed by atoms with Crippen molar-refractivity contribution in [1.82, 2.24) is 0 Å². The van der Waals surface area contributed by atoms with E-state index >= 15 is 0 Å². The van der Waals surface area contributed by atoms with Crippen molar-refractivity contribution >= 4 is 6.09 Å². The van der Waals surface area contributed by atoms with E-state index in [0.717, 1.165) is 12.0 Å². The lowest BCUT2D eigenvalue weighted by atomic mass is 10.2. The van der Waals surface area contributed by atoms with Crippen LogP contribution in [0.2, 0.25) is 0 Å². The van der Waals surface area contributed by atoms with E-state index in [1.54, 1.807) is 0 Å². The molecule has 0 aliphatic carbocycles. The molecule has 1 amide bonds. The normalized spacial score (nSPS) is 23.3. The Morgan fingerprint density at radius 2 is 2.10 bits per heavy atom. The van der Waals surface area contributed by atoms with Gasteiger partial charge in [-0.25, -0.2) is 0 Å². The summed E-state index contributed by atoms with van der Waals surface area (Å²) in [6, 6.07) is 11.6. The van der Waals surface area contributed by atoms with E-state index in [-0.39, 0.29) is 23.2 Å². The van der Waals surface area contributed by atoms with Crippen molar-refractivity contribution in [2.45, 2.75) is 25.9 Å². The van der Waals surface area contributed by atoms with Crippen molar-refractivity contribution in [1.29, 1.82) is 5.26 Å². The first kappa shape index (κ1) is 15.5. The molecule has 0 N–H and O–H groups in total. The predicted molar refractivity (Wildman–Crippen MR) is 77.1 cm³/mol. The number of ether oxygens (including phenoxy) is 2. The predicted octanol–water partition coefficient (Wildman–Crippen LogP) is 2.47. The molecule has 21 heavy (non-hydrogen) atoms. The Kier molecular flexibility index (Phi) is 5.32. The number of carbonyl (C=O) groups is 1. The average molecular weight is 289 g/mol. The van der Waals surface area contributed by atoms with Gasteiger partial charge in [-0.15, -0.1) is 0 Å². The first-order valence-electron chi connectivity index (χ1n) is 7.28. The van der Waals surface area contributed by atoms with Gasteiger partial charge in [0.25, 0.3) is 0 Å². The number of rotatable bonds is 7. The number of benzene rings is 1. The summed E-state index contributed by atoms with van der Waals surface area (Å²) in [4.78, 5) is 12.3. The molecule has 1 aromatic rings. The Labute approximate surface area is 125 Å². The van der Waals surface area contributed by atoms with Gasteiger partial charge in [-0.1, -0.05) is 37.3 Å². The second kappa shape index (κ2) is 7.21. The van der Waals surface area contributed by atoms with Gasteiger partial charge in [0.15, 0.2) is 6.54 Å². The number of amides is 1. The second-order valence-electron chi connectivity index (χ2n) is 5.23. The Morgan fingerprint density at radius 1 is 1.33 bits per heavy atom. The molecule has 0 saturated carbocycles. The summed E-state index contributed by atoms with van der Waals surface area (Å²) in [5.41, 5.74) is 1.04. The fraction of sp³-hybridized carbons (Fsp3) is 0.500. The van der Waals surface area contributed by atoms with Gasteiger partial charge in [0.05, 0.1) is 6.61 Å². The number of hydrogen-bond acceptors (Lipinski definition) is 4. The molecule has 0 aromatic heterocycles. The van der Waals surface area contributed by atoms with Crippen LogP contribution in [0, 0.1) is 11.3 Å². The van der Waals surface area contributed by atoms with Gasteiger partial charge in [0.1, 0.15) is 19.2 Å². The number of nitrogens with zero attached hydrogens (tertiary/aromatic N) is 2. The van der Waals surface area contributed by atoms with Gasteiger partial charge >= 0.3 is 6.09 Å². The summed E-state index contributed by atoms with van der Waals surface area (Å²) in [5.74, 6) is 0. The topological polar surface area (TPSA) is 59.3 Å². The second-order valence-corrected chi connectivity index (χ2v) is 5.23. The van der Waals surface area contributed by atoms with Crippen LogP contribution in [-0.4, -0.2) is 43.0 Å². The quantitative estimate of drug-likeness (QED) is 0.439. The van der Waals surface area contributed by atoms with Crippen molar-refractivity contribution in [3.05, 3.63) is 35.9 Å². The Hall–Kier alpha value is -1.90. The maximum absolute atomic E-state index is 12.3. The van der Waals surface area contributed by atoms with Crippen LogP contribution < -0.4 is 0 Å². The standard InChI is InChI=1S/C16H21N2O3/c1-2-8-20-9-10-21-16(19)18(13-15(18)11-17)12-14-6-4-3-5-7-14/h3-7,15H,2,8-10,12-13H2,1H3/q+1. The highest BCUT2D eigenvalue weighted by Gasteiger charge is 2.63. The minimum absolute atomic E-state index is 0.0777. The van der Waals surface area contributed by atoms with Crippen LogP contribution in [-0.2, 0) is 16.0 Å². The Bertz CT molecular complexity index is 512. The third kappa shape index (κ3) is 3.81. The first-order chi connectivity index (χ1) is 10.2. The lowest BCUT2D eigenvalue weighted by Gasteiger charge is -2.16. The molecule has 2 atom stereocenters. The largest absolute Gasteiger partial charge is 0.517 e. The summed E-state index contributed by atoms with van der Waals surface area (Å²) >= 11 is 0. The molecule has 1 aliphatic heterocycles. The Morgan fingerprint density at radius 3 is 2.71 bits per heavy atom. The number of hydrogen-bond donors (Lipinski definition) is 0. The molecule has 5 nitrogen and oxygen atoms in total. The highest BCUT2D eigenvalue weighted by molar-refractivity contribution is 5.62. The number of nitriles is 1. The van der Waals surface area contributed by atoms with Gasteiger partial charge in [-0.3, -0.25) is 0 Å². The van der Waals surface area contributed by atoms with E-state index in [9.17, 15) is 4.79 Å². The molecule has 5 heteroatoms. The minimum atomic E-state index is -0.328. The van der Waals surface area contributed by atoms with E-state index in [4.69, 9.17) is 14.7 Å². The van der Waals surface area contributed by atoms with Gasteiger partial charge in [-0.2, -0.15) is 14.5 Å². The molecule has 0 spiro atoms. The highest BCUT2D eigenvalue weighted by Crippen LogP contribution is 2.35. The minimum Gasteiger partial charge on any atom is -0.418 e. The van der Waals surface area contributed by atoms with Crippen LogP contribution in [0.15, 0.2) is 30.3 Å². The van der Waals surface area contributed by atoms with Gasteiger partial charge < -0.3 is 9.47 Å². The summed E-state index contributed by atoms with van der Waals surface area (Å²) in [6.45, 7) is 4.38. The van der Waals surface area contributed by atoms with Crippen LogP contribution >= 0.6 is 0 Å². The van der Waals surface area contributed by atoms with Crippen LogP contribution in [0.4, 0.5) is 4.79 Å². The van der Waals surface area contributed by atoms with E-state index < -0.39 is 0 Å². The molecule has 2 rings (SSSR count). The third-order valence-electron chi connectivity index (χ3n) is 3.58. The molecular weight excluding hydrogens is 268 g/mol. The van der Waals surface area contributed by atoms with Gasteiger partial charge in [0, 0.05) is 12.2 Å². The summed E-state index contributed by atoms with van der Waals surface area (Å²) in [5, 5.41) is 9.11. The lowest BCUT2D eigenvalue weighted by molar-refractivity contribution is -0.747. The first-order valence-corrected chi connectivity index (χ1v) is 7.28. The highest BCUT2D eigenvalue weighted by atomic mass is 16.6. The van der Waals surface area contributed by atoms with Crippen LogP contribution in [0.5, 0.6) is 0 Å². The van der Waals surface area contributed by atoms with Crippen molar-refractivity contribution in [2.75, 3.05) is 26.4 Å². The van der Waals surface area contributed by atoms with Gasteiger partial charge in [-0.05, 0) is 6.42 Å². The molecule has 1 saturated heterocycles. The molecule has 0 radical (unpaired) electrons. The molecule has 1 aromatic carbocycles. The monoisotopic (exact) mass is 289 g/mol. The van der Waals surface area contributed by atoms with Gasteiger partial charge in [0.2, 0.25) is 6.04 Å². The maximum atomic E-state index is 12.3. The van der Waals surface area contributed by atoms with Crippen molar-refractivity contribution in [2.24, 2.45) is 0 Å². The van der Waals surface area contributed by atoms with Crippen LogP contribution in [0.3, 0.4) is 0 Å². The van der Waals surface area contributed by atoms with Crippen LogP contribution in [0.1, 0.15) is 18.9 Å². The van der Waals surface area contributed by atoms with E-state index in [1.807, 2.05) is 37.3 Å². The van der Waals surface area contributed by atoms with Crippen molar-refractivity contribution in [3.8, 4) is 6.07 Å². The van der Waals surface area contributed by atoms with Crippen molar-refractivity contribution < 1.29 is 18.8 Å². The maximum Gasteiger partial charge on any atom is 0.517 e. The fourth-order valence-corrected chi connectivity index (χ4v) is 2.33. The molecular formula is C16H21N2O3+. The van der Waals surface area contributed by atoms with E-state index in [0.29, 0.717) is 26.3 Å². The molecule has 1 fully saturated rings. The van der Waals surface area contributed by atoms with E-state index in [1.165, 1.54) is 0 Å². The fourth-order valence-electron chi connectivity index (χ4n) is 2.33. The smallest absolute Gasteiger partial charge is 0.418 e. The summed E-state index contributed by atoms with van der Waals surface area (Å²) < 4.78 is 10.6. The molecule has 112 valence electrons. The summed E-state index contributed by atoms with van der Waals surface area (Å²) in [6.07, 6.45) is 0.615. The zero-order valence-electron chi connectivity index (χ0n) is 12.3. The lowest BCUT2D eigenvalue weighted by Crippen LogP contribution is -2.36. The average Bonchev–Trinajstić information content (AvgIpc) is 3.22. The Balaban J connectivity index is 1.90. The van der Waals surface area contributed by atoms with Crippen LogP contribution in [0.25, 0.3) is 0 Å². The molecule has 1 heterocycles.